The highest BCUT2D eigenvalue weighted by atomic mass is 19.3. The van der Waals surface area contributed by atoms with Gasteiger partial charge in [0.2, 0.25) is 0 Å². The third kappa shape index (κ3) is 3.29. The molecule has 82 valence electrons. The smallest absolute Gasteiger partial charge is 0.241 e. The summed E-state index contributed by atoms with van der Waals surface area (Å²) < 4.78 is 49.7. The molecule has 1 fully saturated rings. The van der Waals surface area contributed by atoms with Gasteiger partial charge in [-0.1, -0.05) is 12.8 Å². The van der Waals surface area contributed by atoms with E-state index in [1.165, 1.54) is 0 Å². The molecule has 0 aromatic carbocycles. The molecule has 14 heavy (non-hydrogen) atoms. The molecule has 0 amide bonds. The van der Waals surface area contributed by atoms with Gasteiger partial charge in [0, 0.05) is 13.1 Å². The Morgan fingerprint density at radius 1 is 1.00 bits per heavy atom. The van der Waals surface area contributed by atoms with Crippen LogP contribution < -0.4 is 0 Å². The number of hydrogen-bond acceptors (Lipinski definition) is 1. The van der Waals surface area contributed by atoms with Crippen molar-refractivity contribution in [2.24, 2.45) is 0 Å². The molecule has 0 aliphatic carbocycles. The molecule has 0 bridgehead atoms. The molecule has 0 saturated carbocycles. The minimum absolute atomic E-state index is 0.191. The van der Waals surface area contributed by atoms with Gasteiger partial charge in [-0.15, -0.1) is 0 Å². The van der Waals surface area contributed by atoms with Gasteiger partial charge in [-0.3, -0.25) is 0 Å². The second-order valence-corrected chi connectivity index (χ2v) is 3.42. The number of rotatable bonds is 2. The maximum atomic E-state index is 13.1. The molecule has 0 N–H and O–H groups in total. The molecule has 0 radical (unpaired) electrons. The van der Waals surface area contributed by atoms with Crippen molar-refractivity contribution in [2.75, 3.05) is 13.1 Å². The van der Waals surface area contributed by atoms with E-state index in [-0.39, 0.29) is 19.2 Å². The molecule has 0 aromatic heterocycles. The fourth-order valence-electron chi connectivity index (χ4n) is 1.59. The van der Waals surface area contributed by atoms with Gasteiger partial charge in [-0.25, -0.2) is 4.90 Å². The lowest BCUT2D eigenvalue weighted by Gasteiger charge is -2.26. The minimum atomic E-state index is -3.50. The molecule has 0 spiro atoms. The second kappa shape index (κ2) is 4.77. The number of halogens is 4. The zero-order valence-electron chi connectivity index (χ0n) is 7.78. The topological polar surface area (TPSA) is 3.24 Å². The van der Waals surface area contributed by atoms with Crippen LogP contribution in [0.3, 0.4) is 0 Å². The number of alkyl halides is 2. The zero-order valence-corrected chi connectivity index (χ0v) is 7.78. The Morgan fingerprint density at radius 3 is 1.93 bits per heavy atom. The fourth-order valence-corrected chi connectivity index (χ4v) is 1.59. The summed E-state index contributed by atoms with van der Waals surface area (Å²) in [6.07, 6.45) is 0.509. The molecule has 1 aliphatic heterocycles. The van der Waals surface area contributed by atoms with E-state index in [9.17, 15) is 17.6 Å². The van der Waals surface area contributed by atoms with E-state index in [0.717, 1.165) is 17.7 Å². The molecule has 1 heterocycles. The molecular formula is C9H13F4N. The predicted octanol–water partition coefficient (Wildman–Crippen LogP) is 3.24. The van der Waals surface area contributed by atoms with Gasteiger partial charge in [-0.05, 0) is 12.8 Å². The first-order valence-corrected chi connectivity index (χ1v) is 4.69. The first-order chi connectivity index (χ1) is 6.52. The average Bonchev–Trinajstić information content (AvgIpc) is 2.28. The largest absolute Gasteiger partial charge is 0.330 e. The standard InChI is InChI=1S/C9H13F4N/c10-8(11)7-9(12,13)14-5-3-1-2-4-6-14/h7H,1-6H2. The van der Waals surface area contributed by atoms with Crippen LogP contribution >= 0.6 is 0 Å². The lowest BCUT2D eigenvalue weighted by molar-refractivity contribution is -0.104. The number of likely N-dealkylation sites (tertiary alicyclic amines) is 1. The highest BCUT2D eigenvalue weighted by molar-refractivity contribution is 4.94. The maximum Gasteiger partial charge on any atom is 0.330 e. The number of hydrogen-bond donors (Lipinski definition) is 0. The highest BCUT2D eigenvalue weighted by Gasteiger charge is 2.35. The summed E-state index contributed by atoms with van der Waals surface area (Å²) in [6, 6.07) is -3.50. The van der Waals surface area contributed by atoms with Crippen molar-refractivity contribution in [3.8, 4) is 0 Å². The Kier molecular flexibility index (Phi) is 3.92. The van der Waals surface area contributed by atoms with Gasteiger partial charge < -0.3 is 0 Å². The van der Waals surface area contributed by atoms with E-state index in [1.54, 1.807) is 0 Å². The van der Waals surface area contributed by atoms with Gasteiger partial charge in [-0.2, -0.15) is 17.6 Å². The molecule has 1 saturated heterocycles. The van der Waals surface area contributed by atoms with Crippen LogP contribution in [0.4, 0.5) is 17.6 Å². The van der Waals surface area contributed by atoms with E-state index in [4.69, 9.17) is 0 Å². The monoisotopic (exact) mass is 211 g/mol. The molecule has 5 heteroatoms. The Labute approximate surface area is 80.4 Å². The quantitative estimate of drug-likeness (QED) is 0.500. The summed E-state index contributed by atoms with van der Waals surface area (Å²) in [6.45, 7) is 0.383. The van der Waals surface area contributed by atoms with Crippen molar-refractivity contribution in [3.05, 3.63) is 12.2 Å². The lowest BCUT2D eigenvalue weighted by atomic mass is 10.2. The lowest BCUT2D eigenvalue weighted by Crippen LogP contribution is -2.40. The second-order valence-electron chi connectivity index (χ2n) is 3.42. The predicted molar refractivity (Wildman–Crippen MR) is 45.3 cm³/mol. The molecule has 1 nitrogen and oxygen atoms in total. The van der Waals surface area contributed by atoms with Crippen molar-refractivity contribution in [3.63, 3.8) is 0 Å². The minimum Gasteiger partial charge on any atom is -0.241 e. The highest BCUT2D eigenvalue weighted by Crippen LogP contribution is 2.26. The maximum absolute atomic E-state index is 13.1. The van der Waals surface area contributed by atoms with Crippen molar-refractivity contribution >= 4 is 0 Å². The van der Waals surface area contributed by atoms with Crippen molar-refractivity contribution < 1.29 is 17.6 Å². The molecule has 0 aromatic rings. The van der Waals surface area contributed by atoms with E-state index >= 15 is 0 Å². The van der Waals surface area contributed by atoms with Crippen molar-refractivity contribution in [1.82, 2.24) is 4.90 Å². The summed E-state index contributed by atoms with van der Waals surface area (Å²) >= 11 is 0. The van der Waals surface area contributed by atoms with Gasteiger partial charge >= 0.3 is 6.05 Å². The molecular weight excluding hydrogens is 198 g/mol. The first kappa shape index (κ1) is 11.5. The summed E-state index contributed by atoms with van der Waals surface area (Å²) in [4.78, 5) is 0.819. The van der Waals surface area contributed by atoms with E-state index in [2.05, 4.69) is 0 Å². The van der Waals surface area contributed by atoms with Crippen molar-refractivity contribution in [2.45, 2.75) is 31.7 Å². The van der Waals surface area contributed by atoms with E-state index in [1.807, 2.05) is 0 Å². The van der Waals surface area contributed by atoms with Crippen molar-refractivity contribution in [1.29, 1.82) is 0 Å². The summed E-state index contributed by atoms with van der Waals surface area (Å²) in [5.74, 6) is 0. The van der Waals surface area contributed by atoms with E-state index < -0.39 is 12.1 Å². The molecule has 1 rings (SSSR count). The van der Waals surface area contributed by atoms with Crippen LogP contribution in [0, 0.1) is 0 Å². The molecule has 1 aliphatic rings. The Balaban J connectivity index is 2.64. The van der Waals surface area contributed by atoms with Crippen LogP contribution in [-0.4, -0.2) is 24.0 Å². The van der Waals surface area contributed by atoms with Gasteiger partial charge in [0.05, 0.1) is 6.08 Å². The average molecular weight is 211 g/mol. The summed E-state index contributed by atoms with van der Waals surface area (Å²) in [5, 5.41) is 0. The Bertz CT molecular complexity index is 203. The summed E-state index contributed by atoms with van der Waals surface area (Å²) in [5.41, 5.74) is 0. The first-order valence-electron chi connectivity index (χ1n) is 4.69. The van der Waals surface area contributed by atoms with Gasteiger partial charge in [0.1, 0.15) is 0 Å². The Morgan fingerprint density at radius 2 is 1.50 bits per heavy atom. The van der Waals surface area contributed by atoms with Gasteiger partial charge in [0.15, 0.2) is 0 Å². The third-order valence-corrected chi connectivity index (χ3v) is 2.31. The fraction of sp³-hybridized carbons (Fsp3) is 0.778. The van der Waals surface area contributed by atoms with E-state index in [0.29, 0.717) is 12.8 Å². The van der Waals surface area contributed by atoms with Crippen LogP contribution in [0.15, 0.2) is 12.2 Å². The Hall–Kier alpha value is -0.580. The van der Waals surface area contributed by atoms with Crippen LogP contribution in [0.25, 0.3) is 0 Å². The number of nitrogens with zero attached hydrogens (tertiary/aromatic N) is 1. The normalized spacial score (nSPS) is 20.3. The SMILES string of the molecule is FC(F)=CC(F)(F)N1CCCCCC1. The zero-order chi connectivity index (χ0) is 10.6. The van der Waals surface area contributed by atoms with Crippen LogP contribution in [0.5, 0.6) is 0 Å². The summed E-state index contributed by atoms with van der Waals surface area (Å²) in [7, 11) is 0. The molecule has 0 unspecified atom stereocenters. The van der Waals surface area contributed by atoms with Crippen LogP contribution in [0.1, 0.15) is 25.7 Å². The van der Waals surface area contributed by atoms with Gasteiger partial charge in [0.25, 0.3) is 6.08 Å². The van der Waals surface area contributed by atoms with Crippen LogP contribution in [0.2, 0.25) is 0 Å². The third-order valence-electron chi connectivity index (χ3n) is 2.31. The molecule has 0 atom stereocenters. The van der Waals surface area contributed by atoms with Crippen LogP contribution in [-0.2, 0) is 0 Å².